The van der Waals surface area contributed by atoms with Gasteiger partial charge in [0.1, 0.15) is 5.82 Å². The molecule has 0 aliphatic rings. The summed E-state index contributed by atoms with van der Waals surface area (Å²) in [6.45, 7) is 1.88. The van der Waals surface area contributed by atoms with E-state index in [1.807, 2.05) is 37.3 Å². The summed E-state index contributed by atoms with van der Waals surface area (Å²) in [7, 11) is 0. The quantitative estimate of drug-likeness (QED) is 0.599. The number of nitrogens with one attached hydrogen (secondary N) is 2. The first-order chi connectivity index (χ1) is 8.19. The van der Waals surface area contributed by atoms with Crippen LogP contribution in [0.15, 0.2) is 34.8 Å². The summed E-state index contributed by atoms with van der Waals surface area (Å²) in [4.78, 5) is 8.33. The molecule has 1 aromatic heterocycles. The van der Waals surface area contributed by atoms with Crippen LogP contribution in [0.25, 0.3) is 0 Å². The standard InChI is InChI=1S/C11H12BrN5/c1-7-6-10(16-11(14-7)17-13)15-9-5-3-2-4-8(9)12/h2-6H,13H2,1H3,(H2,14,15,16,17). The molecule has 1 heterocycles. The number of anilines is 3. The largest absolute Gasteiger partial charge is 0.339 e. The maximum Gasteiger partial charge on any atom is 0.239 e. The maximum absolute atomic E-state index is 5.30. The normalized spacial score (nSPS) is 10.1. The van der Waals surface area contributed by atoms with Crippen LogP contribution >= 0.6 is 15.9 Å². The molecule has 0 radical (unpaired) electrons. The molecular weight excluding hydrogens is 282 g/mol. The summed E-state index contributed by atoms with van der Waals surface area (Å²) in [5.74, 6) is 6.38. The van der Waals surface area contributed by atoms with Crippen molar-refractivity contribution >= 4 is 33.4 Å². The number of nitrogen functional groups attached to an aromatic ring is 1. The maximum atomic E-state index is 5.30. The van der Waals surface area contributed by atoms with Gasteiger partial charge in [-0.3, -0.25) is 5.43 Å². The molecule has 0 saturated heterocycles. The van der Waals surface area contributed by atoms with Crippen molar-refractivity contribution in [2.45, 2.75) is 6.92 Å². The van der Waals surface area contributed by atoms with Crippen molar-refractivity contribution in [1.29, 1.82) is 0 Å². The lowest BCUT2D eigenvalue weighted by Gasteiger charge is -2.09. The van der Waals surface area contributed by atoms with Gasteiger partial charge < -0.3 is 5.32 Å². The zero-order valence-electron chi connectivity index (χ0n) is 9.24. The lowest BCUT2D eigenvalue weighted by atomic mass is 10.3. The van der Waals surface area contributed by atoms with Gasteiger partial charge >= 0.3 is 0 Å². The highest BCUT2D eigenvalue weighted by atomic mass is 79.9. The third-order valence-electron chi connectivity index (χ3n) is 2.12. The Labute approximate surface area is 108 Å². The second-order valence-electron chi connectivity index (χ2n) is 3.47. The fourth-order valence-electron chi connectivity index (χ4n) is 1.40. The highest BCUT2D eigenvalue weighted by Crippen LogP contribution is 2.24. The molecule has 0 saturated carbocycles. The Bertz CT molecular complexity index is 529. The number of nitrogens with two attached hydrogens (primary N) is 1. The molecule has 6 heteroatoms. The van der Waals surface area contributed by atoms with Gasteiger partial charge in [-0.2, -0.15) is 4.98 Å². The molecule has 0 aliphatic heterocycles. The molecule has 1 aromatic carbocycles. The van der Waals surface area contributed by atoms with E-state index in [1.54, 1.807) is 0 Å². The van der Waals surface area contributed by atoms with E-state index < -0.39 is 0 Å². The molecule has 2 aromatic rings. The Morgan fingerprint density at radius 2 is 2.00 bits per heavy atom. The van der Waals surface area contributed by atoms with Gasteiger partial charge in [-0.25, -0.2) is 10.8 Å². The van der Waals surface area contributed by atoms with Crippen LogP contribution in [0, 0.1) is 6.92 Å². The zero-order chi connectivity index (χ0) is 12.3. The zero-order valence-corrected chi connectivity index (χ0v) is 10.8. The fraction of sp³-hybridized carbons (Fsp3) is 0.0909. The Balaban J connectivity index is 2.30. The molecule has 0 bridgehead atoms. The summed E-state index contributed by atoms with van der Waals surface area (Å²) >= 11 is 3.46. The van der Waals surface area contributed by atoms with E-state index in [0.29, 0.717) is 11.8 Å². The smallest absolute Gasteiger partial charge is 0.239 e. The number of benzene rings is 1. The van der Waals surface area contributed by atoms with Crippen LogP contribution in [0.5, 0.6) is 0 Å². The number of hydrazine groups is 1. The number of para-hydroxylation sites is 1. The summed E-state index contributed by atoms with van der Waals surface area (Å²) in [5, 5.41) is 3.19. The van der Waals surface area contributed by atoms with Crippen molar-refractivity contribution < 1.29 is 0 Å². The van der Waals surface area contributed by atoms with Crippen LogP contribution in [-0.2, 0) is 0 Å². The van der Waals surface area contributed by atoms with Crippen LogP contribution in [0.3, 0.4) is 0 Å². The molecule has 0 amide bonds. The minimum absolute atomic E-state index is 0.388. The summed E-state index contributed by atoms with van der Waals surface area (Å²) < 4.78 is 0.971. The molecule has 0 aliphatic carbocycles. The average molecular weight is 294 g/mol. The van der Waals surface area contributed by atoms with Crippen molar-refractivity contribution in [2.24, 2.45) is 5.84 Å². The highest BCUT2D eigenvalue weighted by Gasteiger charge is 2.03. The summed E-state index contributed by atoms with van der Waals surface area (Å²) in [6, 6.07) is 9.66. The molecule has 0 unspecified atom stereocenters. The molecular formula is C11H12BrN5. The van der Waals surface area contributed by atoms with Crippen molar-refractivity contribution in [3.8, 4) is 0 Å². The van der Waals surface area contributed by atoms with Gasteiger partial charge in [-0.1, -0.05) is 12.1 Å². The van der Waals surface area contributed by atoms with Crippen molar-refractivity contribution in [3.63, 3.8) is 0 Å². The number of halogens is 1. The van der Waals surface area contributed by atoms with Crippen LogP contribution < -0.4 is 16.6 Å². The molecule has 4 N–H and O–H groups in total. The number of nitrogens with zero attached hydrogens (tertiary/aromatic N) is 2. The first-order valence-electron chi connectivity index (χ1n) is 5.03. The highest BCUT2D eigenvalue weighted by molar-refractivity contribution is 9.10. The molecule has 5 nitrogen and oxygen atoms in total. The van der Waals surface area contributed by atoms with E-state index in [1.165, 1.54) is 0 Å². The molecule has 2 rings (SSSR count). The second-order valence-corrected chi connectivity index (χ2v) is 4.32. The van der Waals surface area contributed by atoms with Gasteiger partial charge in [0.2, 0.25) is 5.95 Å². The number of aryl methyl sites for hydroxylation is 1. The Morgan fingerprint density at radius 1 is 1.24 bits per heavy atom. The number of aromatic nitrogens is 2. The van der Waals surface area contributed by atoms with Gasteiger partial charge in [0.25, 0.3) is 0 Å². The fourth-order valence-corrected chi connectivity index (χ4v) is 1.78. The number of hydrogen-bond donors (Lipinski definition) is 3. The Morgan fingerprint density at radius 3 is 2.71 bits per heavy atom. The first-order valence-corrected chi connectivity index (χ1v) is 5.82. The van der Waals surface area contributed by atoms with Crippen molar-refractivity contribution in [2.75, 3.05) is 10.7 Å². The molecule has 88 valence electrons. The predicted molar refractivity (Wildman–Crippen MR) is 72.0 cm³/mol. The minimum Gasteiger partial charge on any atom is -0.339 e. The Hall–Kier alpha value is -1.66. The van der Waals surface area contributed by atoms with Gasteiger partial charge in [0.15, 0.2) is 0 Å². The van der Waals surface area contributed by atoms with Gasteiger partial charge in [0.05, 0.1) is 5.69 Å². The van der Waals surface area contributed by atoms with E-state index in [-0.39, 0.29) is 0 Å². The van der Waals surface area contributed by atoms with Crippen molar-refractivity contribution in [1.82, 2.24) is 9.97 Å². The van der Waals surface area contributed by atoms with Gasteiger partial charge in [-0.05, 0) is 35.0 Å². The lowest BCUT2D eigenvalue weighted by molar-refractivity contribution is 1.07. The van der Waals surface area contributed by atoms with E-state index in [0.717, 1.165) is 15.9 Å². The summed E-state index contributed by atoms with van der Waals surface area (Å²) in [5.41, 5.74) is 4.21. The third-order valence-corrected chi connectivity index (χ3v) is 2.81. The van der Waals surface area contributed by atoms with Crippen LogP contribution in [0.1, 0.15) is 5.69 Å². The van der Waals surface area contributed by atoms with Gasteiger partial charge in [0, 0.05) is 16.2 Å². The van der Waals surface area contributed by atoms with E-state index in [9.17, 15) is 0 Å². The van der Waals surface area contributed by atoms with Crippen LogP contribution in [0.4, 0.5) is 17.5 Å². The Kier molecular flexibility index (Phi) is 3.55. The number of hydrogen-bond acceptors (Lipinski definition) is 5. The van der Waals surface area contributed by atoms with Crippen LogP contribution in [0.2, 0.25) is 0 Å². The predicted octanol–water partition coefficient (Wildman–Crippen LogP) is 2.58. The summed E-state index contributed by atoms with van der Waals surface area (Å²) in [6.07, 6.45) is 0. The minimum atomic E-state index is 0.388. The van der Waals surface area contributed by atoms with E-state index in [2.05, 4.69) is 36.6 Å². The molecule has 0 fully saturated rings. The number of rotatable bonds is 3. The second kappa shape index (κ2) is 5.11. The van der Waals surface area contributed by atoms with E-state index >= 15 is 0 Å². The van der Waals surface area contributed by atoms with E-state index in [4.69, 9.17) is 5.84 Å². The average Bonchev–Trinajstić information content (AvgIpc) is 2.31. The van der Waals surface area contributed by atoms with Crippen molar-refractivity contribution in [3.05, 3.63) is 40.5 Å². The lowest BCUT2D eigenvalue weighted by Crippen LogP contribution is -2.11. The third kappa shape index (κ3) is 2.92. The van der Waals surface area contributed by atoms with Crippen LogP contribution in [-0.4, -0.2) is 9.97 Å². The molecule has 0 spiro atoms. The molecule has 0 atom stereocenters. The topological polar surface area (TPSA) is 75.9 Å². The SMILES string of the molecule is Cc1cc(Nc2ccccc2Br)nc(NN)n1. The monoisotopic (exact) mass is 293 g/mol. The van der Waals surface area contributed by atoms with Gasteiger partial charge in [-0.15, -0.1) is 0 Å². The molecule has 17 heavy (non-hydrogen) atoms. The first kappa shape index (κ1) is 11.8.